The molecule has 108 valence electrons. The second kappa shape index (κ2) is 6.78. The van der Waals surface area contributed by atoms with Gasteiger partial charge in [-0.2, -0.15) is 0 Å². The lowest BCUT2D eigenvalue weighted by molar-refractivity contribution is -0.136. The highest BCUT2D eigenvalue weighted by molar-refractivity contribution is 5.79. The molecule has 0 aromatic carbocycles. The van der Waals surface area contributed by atoms with Crippen molar-refractivity contribution in [3.05, 3.63) is 0 Å². The Kier molecular flexibility index (Phi) is 5.05. The molecule has 1 N–H and O–H groups in total. The van der Waals surface area contributed by atoms with Crippen molar-refractivity contribution >= 4 is 12.0 Å². The Balaban J connectivity index is 1.72. The van der Waals surface area contributed by atoms with Crippen LogP contribution in [0.15, 0.2) is 0 Å². The number of alkyl carbamates (subject to hydrolysis) is 1. The third-order valence-electron chi connectivity index (χ3n) is 4.11. The second-order valence-corrected chi connectivity index (χ2v) is 5.45. The largest absolute Gasteiger partial charge is 0.450 e. The van der Waals surface area contributed by atoms with E-state index in [1.807, 2.05) is 4.90 Å². The van der Waals surface area contributed by atoms with E-state index >= 15 is 0 Å². The number of carbonyl (C=O) groups excluding carboxylic acids is 2. The summed E-state index contributed by atoms with van der Waals surface area (Å²) in [6.07, 6.45) is 5.81. The Morgan fingerprint density at radius 2 is 1.79 bits per heavy atom. The predicted molar refractivity (Wildman–Crippen MR) is 71.7 cm³/mol. The van der Waals surface area contributed by atoms with E-state index in [9.17, 15) is 9.59 Å². The highest BCUT2D eigenvalue weighted by atomic mass is 16.5. The zero-order valence-electron chi connectivity index (χ0n) is 11.7. The molecule has 0 radical (unpaired) electrons. The number of nitrogens with one attached hydrogen (secondary N) is 1. The summed E-state index contributed by atoms with van der Waals surface area (Å²) in [5.41, 5.74) is 0. The summed E-state index contributed by atoms with van der Waals surface area (Å²) in [7, 11) is 0. The molecule has 0 unspecified atom stereocenters. The van der Waals surface area contributed by atoms with Crippen LogP contribution in [0.25, 0.3) is 0 Å². The van der Waals surface area contributed by atoms with Crippen LogP contribution in [-0.4, -0.2) is 42.6 Å². The Morgan fingerprint density at radius 3 is 2.37 bits per heavy atom. The van der Waals surface area contributed by atoms with E-state index < -0.39 is 0 Å². The number of rotatable bonds is 3. The van der Waals surface area contributed by atoms with Gasteiger partial charge in [0.05, 0.1) is 6.61 Å². The molecule has 2 rings (SSSR count). The average molecular weight is 268 g/mol. The molecule has 2 aliphatic rings. The highest BCUT2D eigenvalue weighted by Crippen LogP contribution is 2.27. The first-order valence-electron chi connectivity index (χ1n) is 7.42. The van der Waals surface area contributed by atoms with Crippen LogP contribution in [0.2, 0.25) is 0 Å². The smallest absolute Gasteiger partial charge is 0.407 e. The molecule has 0 aromatic rings. The monoisotopic (exact) mass is 268 g/mol. The molecule has 0 atom stereocenters. The van der Waals surface area contributed by atoms with E-state index in [1.165, 1.54) is 12.8 Å². The van der Waals surface area contributed by atoms with E-state index in [4.69, 9.17) is 4.74 Å². The SMILES string of the molecule is CCOC(=O)NC1CCN(C(=O)C2CCCC2)CC1. The van der Waals surface area contributed by atoms with Gasteiger partial charge in [-0.3, -0.25) is 4.79 Å². The van der Waals surface area contributed by atoms with Crippen molar-refractivity contribution in [2.24, 2.45) is 5.92 Å². The number of nitrogens with zero attached hydrogens (tertiary/aromatic N) is 1. The van der Waals surface area contributed by atoms with Crippen LogP contribution in [0.5, 0.6) is 0 Å². The quantitative estimate of drug-likeness (QED) is 0.850. The van der Waals surface area contributed by atoms with Crippen LogP contribution in [0.1, 0.15) is 45.4 Å². The summed E-state index contributed by atoms with van der Waals surface area (Å²) in [6.45, 7) is 3.70. The molecule has 1 saturated heterocycles. The summed E-state index contributed by atoms with van der Waals surface area (Å²) in [5.74, 6) is 0.585. The predicted octanol–water partition coefficient (Wildman–Crippen LogP) is 1.91. The molecule has 0 bridgehead atoms. The number of amides is 2. The molecule has 1 aliphatic heterocycles. The zero-order chi connectivity index (χ0) is 13.7. The molecular weight excluding hydrogens is 244 g/mol. The Hall–Kier alpha value is -1.26. The summed E-state index contributed by atoms with van der Waals surface area (Å²) >= 11 is 0. The van der Waals surface area contributed by atoms with Crippen LogP contribution in [-0.2, 0) is 9.53 Å². The van der Waals surface area contributed by atoms with Gasteiger partial charge in [0, 0.05) is 25.0 Å². The number of likely N-dealkylation sites (tertiary alicyclic amines) is 1. The van der Waals surface area contributed by atoms with Crippen molar-refractivity contribution in [1.82, 2.24) is 10.2 Å². The third-order valence-corrected chi connectivity index (χ3v) is 4.11. The molecule has 1 aliphatic carbocycles. The van der Waals surface area contributed by atoms with Crippen LogP contribution in [0, 0.1) is 5.92 Å². The van der Waals surface area contributed by atoms with Gasteiger partial charge in [-0.05, 0) is 32.6 Å². The summed E-state index contributed by atoms with van der Waals surface area (Å²) in [4.78, 5) is 25.5. The van der Waals surface area contributed by atoms with E-state index in [-0.39, 0.29) is 18.1 Å². The maximum absolute atomic E-state index is 12.2. The van der Waals surface area contributed by atoms with Gasteiger partial charge in [-0.15, -0.1) is 0 Å². The zero-order valence-corrected chi connectivity index (χ0v) is 11.7. The third kappa shape index (κ3) is 3.85. The fourth-order valence-electron chi connectivity index (χ4n) is 3.01. The van der Waals surface area contributed by atoms with Crippen molar-refractivity contribution in [2.45, 2.75) is 51.5 Å². The number of ether oxygens (including phenoxy) is 1. The second-order valence-electron chi connectivity index (χ2n) is 5.45. The molecule has 19 heavy (non-hydrogen) atoms. The molecule has 2 fully saturated rings. The Morgan fingerprint density at radius 1 is 1.16 bits per heavy atom. The van der Waals surface area contributed by atoms with Gasteiger partial charge in [0.2, 0.25) is 5.91 Å². The fourth-order valence-corrected chi connectivity index (χ4v) is 3.01. The van der Waals surface area contributed by atoms with E-state index in [1.54, 1.807) is 6.92 Å². The van der Waals surface area contributed by atoms with E-state index in [0.29, 0.717) is 12.5 Å². The van der Waals surface area contributed by atoms with Crippen LogP contribution in [0.3, 0.4) is 0 Å². The summed E-state index contributed by atoms with van der Waals surface area (Å²) in [5, 5.41) is 2.85. The number of carbonyl (C=O) groups is 2. The standard InChI is InChI=1S/C14H24N2O3/c1-2-19-14(18)15-12-7-9-16(10-8-12)13(17)11-5-3-4-6-11/h11-12H,2-10H2,1H3,(H,15,18). The van der Waals surface area contributed by atoms with Gasteiger partial charge in [0.25, 0.3) is 0 Å². The first-order valence-corrected chi connectivity index (χ1v) is 7.42. The van der Waals surface area contributed by atoms with Crippen molar-refractivity contribution in [3.8, 4) is 0 Å². The minimum absolute atomic E-state index is 0.145. The van der Waals surface area contributed by atoms with Crippen LogP contribution >= 0.6 is 0 Å². The van der Waals surface area contributed by atoms with Gasteiger partial charge in [-0.1, -0.05) is 12.8 Å². The van der Waals surface area contributed by atoms with Crippen molar-refractivity contribution in [1.29, 1.82) is 0 Å². The number of piperidine rings is 1. The number of hydrogen-bond donors (Lipinski definition) is 1. The normalized spacial score (nSPS) is 21.4. The number of hydrogen-bond acceptors (Lipinski definition) is 3. The Bertz CT molecular complexity index is 319. The minimum Gasteiger partial charge on any atom is -0.450 e. The van der Waals surface area contributed by atoms with Crippen molar-refractivity contribution < 1.29 is 14.3 Å². The Labute approximate surface area is 114 Å². The molecule has 2 amide bonds. The van der Waals surface area contributed by atoms with Gasteiger partial charge < -0.3 is 15.0 Å². The first kappa shape index (κ1) is 14.2. The lowest BCUT2D eigenvalue weighted by Gasteiger charge is -2.33. The van der Waals surface area contributed by atoms with E-state index in [2.05, 4.69) is 5.32 Å². The fraction of sp³-hybridized carbons (Fsp3) is 0.857. The van der Waals surface area contributed by atoms with Crippen LogP contribution in [0.4, 0.5) is 4.79 Å². The highest BCUT2D eigenvalue weighted by Gasteiger charge is 2.30. The molecular formula is C14H24N2O3. The minimum atomic E-state index is -0.344. The van der Waals surface area contributed by atoms with E-state index in [0.717, 1.165) is 38.8 Å². The van der Waals surface area contributed by atoms with Gasteiger partial charge in [0.1, 0.15) is 0 Å². The molecule has 1 heterocycles. The molecule has 5 nitrogen and oxygen atoms in total. The van der Waals surface area contributed by atoms with Crippen LogP contribution < -0.4 is 5.32 Å². The summed E-state index contributed by atoms with van der Waals surface area (Å²) < 4.78 is 4.87. The van der Waals surface area contributed by atoms with Crippen molar-refractivity contribution in [2.75, 3.05) is 19.7 Å². The molecule has 0 aromatic heterocycles. The average Bonchev–Trinajstić information content (AvgIpc) is 2.93. The lowest BCUT2D eigenvalue weighted by Crippen LogP contribution is -2.47. The summed E-state index contributed by atoms with van der Waals surface area (Å²) in [6, 6.07) is 0.145. The molecule has 1 saturated carbocycles. The topological polar surface area (TPSA) is 58.6 Å². The maximum Gasteiger partial charge on any atom is 0.407 e. The maximum atomic E-state index is 12.2. The van der Waals surface area contributed by atoms with Gasteiger partial charge in [-0.25, -0.2) is 4.79 Å². The van der Waals surface area contributed by atoms with Gasteiger partial charge in [0.15, 0.2) is 0 Å². The van der Waals surface area contributed by atoms with Crippen molar-refractivity contribution in [3.63, 3.8) is 0 Å². The first-order chi connectivity index (χ1) is 9.20. The lowest BCUT2D eigenvalue weighted by atomic mass is 10.0. The molecule has 0 spiro atoms. The molecule has 5 heteroatoms. The van der Waals surface area contributed by atoms with Gasteiger partial charge >= 0.3 is 6.09 Å².